The number of likely N-dealkylation sites (tertiary alicyclic amines) is 1. The largest absolute Gasteiger partial charge is 0.368 e. The molecule has 0 spiro atoms. The molecular weight excluding hydrogens is 338 g/mol. The maximum absolute atomic E-state index is 12.5. The number of hydrogen-bond acceptors (Lipinski definition) is 5. The van der Waals surface area contributed by atoms with Gasteiger partial charge in [-0.2, -0.15) is 0 Å². The van der Waals surface area contributed by atoms with Crippen LogP contribution in [-0.4, -0.2) is 47.5 Å². The van der Waals surface area contributed by atoms with Crippen LogP contribution in [-0.2, 0) is 27.3 Å². The molecule has 0 bridgehead atoms. The van der Waals surface area contributed by atoms with E-state index in [1.54, 1.807) is 11.3 Å². The Morgan fingerprint density at radius 2 is 2.08 bits per heavy atom. The number of carbonyl (C=O) groups is 2. The minimum Gasteiger partial charge on any atom is -0.368 e. The number of aromatic nitrogens is 1. The molecule has 2 aliphatic heterocycles. The first-order chi connectivity index (χ1) is 12.1. The van der Waals surface area contributed by atoms with Crippen LogP contribution in [0.2, 0.25) is 0 Å². The van der Waals surface area contributed by atoms with Gasteiger partial charge in [0.25, 0.3) is 5.91 Å². The summed E-state index contributed by atoms with van der Waals surface area (Å²) in [6.07, 6.45) is 3.88. The second-order valence-corrected chi connectivity index (χ2v) is 8.06. The van der Waals surface area contributed by atoms with E-state index in [9.17, 15) is 9.59 Å². The van der Waals surface area contributed by atoms with E-state index >= 15 is 0 Å². The molecule has 0 aliphatic carbocycles. The number of nitrogens with one attached hydrogen (secondary N) is 1. The molecule has 0 aromatic carbocycles. The van der Waals surface area contributed by atoms with E-state index in [1.165, 1.54) is 0 Å². The zero-order chi connectivity index (χ0) is 17.8. The third-order valence-electron chi connectivity index (χ3n) is 5.03. The van der Waals surface area contributed by atoms with Gasteiger partial charge in [0.2, 0.25) is 5.91 Å². The Labute approximate surface area is 153 Å². The molecule has 2 amide bonds. The number of nitrogens with zero attached hydrogens (tertiary/aromatic N) is 2. The number of rotatable bonds is 5. The van der Waals surface area contributed by atoms with Crippen molar-refractivity contribution in [3.05, 3.63) is 15.6 Å². The third kappa shape index (κ3) is 4.39. The molecule has 3 heterocycles. The molecule has 25 heavy (non-hydrogen) atoms. The summed E-state index contributed by atoms with van der Waals surface area (Å²) in [5.74, 6) is 0.189. The second-order valence-electron chi connectivity index (χ2n) is 6.78. The van der Waals surface area contributed by atoms with E-state index in [0.717, 1.165) is 47.7 Å². The fraction of sp³-hybridized carbons (Fsp3) is 0.722. The van der Waals surface area contributed by atoms with E-state index in [2.05, 4.69) is 17.2 Å². The Balaban J connectivity index is 1.45. The van der Waals surface area contributed by atoms with E-state index in [0.29, 0.717) is 26.2 Å². The quantitative estimate of drug-likeness (QED) is 0.867. The highest BCUT2D eigenvalue weighted by Gasteiger charge is 2.32. The number of aryl methyl sites for hydroxylation is 2. The summed E-state index contributed by atoms with van der Waals surface area (Å²) >= 11 is 1.65. The Hall–Kier alpha value is -1.47. The van der Waals surface area contributed by atoms with Gasteiger partial charge in [-0.15, -0.1) is 11.3 Å². The van der Waals surface area contributed by atoms with Gasteiger partial charge in [-0.25, -0.2) is 4.98 Å². The topological polar surface area (TPSA) is 71.5 Å². The van der Waals surface area contributed by atoms with Crippen LogP contribution in [0, 0.1) is 12.8 Å². The van der Waals surface area contributed by atoms with E-state index in [1.807, 2.05) is 11.8 Å². The summed E-state index contributed by atoms with van der Waals surface area (Å²) in [4.78, 5) is 32.3. The molecule has 7 heteroatoms. The highest BCUT2D eigenvalue weighted by molar-refractivity contribution is 7.11. The van der Waals surface area contributed by atoms with Crippen LogP contribution in [0.1, 0.15) is 48.2 Å². The molecule has 2 aliphatic rings. The Morgan fingerprint density at radius 3 is 2.72 bits per heavy atom. The average Bonchev–Trinajstić information content (AvgIpc) is 3.28. The second kappa shape index (κ2) is 8.27. The van der Waals surface area contributed by atoms with Crippen LogP contribution in [0.4, 0.5) is 0 Å². The maximum Gasteiger partial charge on any atom is 0.251 e. The van der Waals surface area contributed by atoms with Crippen molar-refractivity contribution in [1.82, 2.24) is 15.2 Å². The van der Waals surface area contributed by atoms with E-state index in [4.69, 9.17) is 4.74 Å². The van der Waals surface area contributed by atoms with Crippen molar-refractivity contribution >= 4 is 23.2 Å². The van der Waals surface area contributed by atoms with Gasteiger partial charge in [0.1, 0.15) is 6.10 Å². The smallest absolute Gasteiger partial charge is 0.251 e. The van der Waals surface area contributed by atoms with Crippen molar-refractivity contribution in [2.24, 2.45) is 5.92 Å². The van der Waals surface area contributed by atoms with Crippen LogP contribution < -0.4 is 5.32 Å². The molecule has 2 saturated heterocycles. The van der Waals surface area contributed by atoms with Gasteiger partial charge in [0, 0.05) is 30.5 Å². The van der Waals surface area contributed by atoms with Crippen LogP contribution in [0.15, 0.2) is 0 Å². The van der Waals surface area contributed by atoms with Crippen molar-refractivity contribution < 1.29 is 14.3 Å². The number of amides is 2. The summed E-state index contributed by atoms with van der Waals surface area (Å²) in [6, 6.07) is 0. The fourth-order valence-electron chi connectivity index (χ4n) is 3.58. The standard InChI is InChI=1S/C18H27N3O3S/c1-3-14-16(25-12(2)20-14)11-19-17(22)13-6-8-21(9-7-13)18(23)15-5-4-10-24-15/h13,15H,3-11H2,1-2H3,(H,19,22)/t15-/m1/s1. The van der Waals surface area contributed by atoms with Gasteiger partial charge in [-0.1, -0.05) is 6.92 Å². The van der Waals surface area contributed by atoms with Crippen molar-refractivity contribution in [2.75, 3.05) is 19.7 Å². The molecule has 1 N–H and O–H groups in total. The lowest BCUT2D eigenvalue weighted by molar-refractivity contribution is -0.143. The van der Waals surface area contributed by atoms with Crippen LogP contribution in [0.25, 0.3) is 0 Å². The average molecular weight is 365 g/mol. The number of thiazole rings is 1. The number of ether oxygens (including phenoxy) is 1. The SMILES string of the molecule is CCc1nc(C)sc1CNC(=O)C1CCN(C(=O)[C@H]2CCCO2)CC1. The summed E-state index contributed by atoms with van der Waals surface area (Å²) < 4.78 is 5.48. The van der Waals surface area contributed by atoms with Crippen molar-refractivity contribution in [1.29, 1.82) is 0 Å². The monoisotopic (exact) mass is 365 g/mol. The van der Waals surface area contributed by atoms with Crippen molar-refractivity contribution in [3.8, 4) is 0 Å². The van der Waals surface area contributed by atoms with Gasteiger partial charge in [0.05, 0.1) is 17.2 Å². The Morgan fingerprint density at radius 1 is 1.32 bits per heavy atom. The Kier molecular flexibility index (Phi) is 6.06. The van der Waals surface area contributed by atoms with Gasteiger partial charge in [0.15, 0.2) is 0 Å². The van der Waals surface area contributed by atoms with Gasteiger partial charge < -0.3 is 15.0 Å². The lowest BCUT2D eigenvalue weighted by Gasteiger charge is -2.32. The molecule has 1 aromatic heterocycles. The summed E-state index contributed by atoms with van der Waals surface area (Å²) in [6.45, 7) is 6.62. The number of piperidine rings is 1. The van der Waals surface area contributed by atoms with E-state index < -0.39 is 0 Å². The fourth-order valence-corrected chi connectivity index (χ4v) is 4.54. The highest BCUT2D eigenvalue weighted by atomic mass is 32.1. The number of carbonyl (C=O) groups excluding carboxylic acids is 2. The third-order valence-corrected chi connectivity index (χ3v) is 6.04. The highest BCUT2D eigenvalue weighted by Crippen LogP contribution is 2.22. The predicted molar refractivity (Wildman–Crippen MR) is 96.4 cm³/mol. The molecule has 0 saturated carbocycles. The molecule has 1 aromatic rings. The van der Waals surface area contributed by atoms with Crippen LogP contribution in [0.3, 0.4) is 0 Å². The summed E-state index contributed by atoms with van der Waals surface area (Å²) in [5.41, 5.74) is 1.08. The lowest BCUT2D eigenvalue weighted by atomic mass is 9.95. The van der Waals surface area contributed by atoms with Gasteiger partial charge in [-0.05, 0) is 39.0 Å². The van der Waals surface area contributed by atoms with E-state index in [-0.39, 0.29) is 23.8 Å². The van der Waals surface area contributed by atoms with Crippen LogP contribution in [0.5, 0.6) is 0 Å². The zero-order valence-corrected chi connectivity index (χ0v) is 15.9. The molecule has 0 radical (unpaired) electrons. The van der Waals surface area contributed by atoms with Crippen molar-refractivity contribution in [2.45, 2.75) is 58.6 Å². The summed E-state index contributed by atoms with van der Waals surface area (Å²) in [7, 11) is 0. The van der Waals surface area contributed by atoms with Gasteiger partial charge in [-0.3, -0.25) is 9.59 Å². The first kappa shape index (κ1) is 18.3. The maximum atomic E-state index is 12.5. The minimum atomic E-state index is -0.257. The first-order valence-corrected chi connectivity index (χ1v) is 10.0. The Bertz CT molecular complexity index is 617. The molecule has 2 fully saturated rings. The molecule has 6 nitrogen and oxygen atoms in total. The number of hydrogen-bond donors (Lipinski definition) is 1. The van der Waals surface area contributed by atoms with Crippen molar-refractivity contribution in [3.63, 3.8) is 0 Å². The summed E-state index contributed by atoms with van der Waals surface area (Å²) in [5, 5.41) is 4.10. The minimum absolute atomic E-state index is 0.00681. The normalized spacial score (nSPS) is 21.5. The molecule has 0 unspecified atom stereocenters. The molecule has 1 atom stereocenters. The lowest BCUT2D eigenvalue weighted by Crippen LogP contribution is -2.46. The predicted octanol–water partition coefficient (Wildman–Crippen LogP) is 2.05. The van der Waals surface area contributed by atoms with Crippen LogP contribution >= 0.6 is 11.3 Å². The first-order valence-electron chi connectivity index (χ1n) is 9.21. The van der Waals surface area contributed by atoms with Gasteiger partial charge >= 0.3 is 0 Å². The molecular formula is C18H27N3O3S. The molecule has 3 rings (SSSR count). The molecule has 138 valence electrons. The zero-order valence-electron chi connectivity index (χ0n) is 15.0.